The lowest BCUT2D eigenvalue weighted by Crippen LogP contribution is -3.06. The Morgan fingerprint density at radius 1 is 1.11 bits per heavy atom. The molecule has 1 aliphatic rings. The summed E-state index contributed by atoms with van der Waals surface area (Å²) in [4.78, 5) is 1.39. The first-order valence-electron chi connectivity index (χ1n) is 9.87. The van der Waals surface area contributed by atoms with Crippen LogP contribution in [-0.4, -0.2) is 36.8 Å². The summed E-state index contributed by atoms with van der Waals surface area (Å²) >= 11 is 0. The van der Waals surface area contributed by atoms with E-state index >= 15 is 0 Å². The Morgan fingerprint density at radius 3 is 2.61 bits per heavy atom. The summed E-state index contributed by atoms with van der Waals surface area (Å²) in [5, 5.41) is 7.29. The third-order valence-electron chi connectivity index (χ3n) is 5.88. The van der Waals surface area contributed by atoms with Crippen LogP contribution in [0.2, 0.25) is 0 Å². The summed E-state index contributed by atoms with van der Waals surface area (Å²) in [6.45, 7) is 5.92. The van der Waals surface area contributed by atoms with Gasteiger partial charge in [-0.2, -0.15) is 5.10 Å². The molecule has 4 rings (SSSR count). The number of fused-ring (bicyclic) bond motifs is 1. The largest absolute Gasteiger partial charge is 0.330 e. The van der Waals surface area contributed by atoms with Crippen LogP contribution >= 0.6 is 0 Å². The number of hydrogen-bond acceptors (Lipinski definition) is 3. The highest BCUT2D eigenvalue weighted by molar-refractivity contribution is 7.91. The lowest BCUT2D eigenvalue weighted by Gasteiger charge is -2.16. The molecule has 1 saturated heterocycles. The molecule has 2 heterocycles. The zero-order chi connectivity index (χ0) is 19.9. The first-order valence-corrected chi connectivity index (χ1v) is 11.7. The molecular formula is C22H28N3O2S+. The van der Waals surface area contributed by atoms with Crippen LogP contribution in [0.15, 0.2) is 42.5 Å². The fourth-order valence-corrected chi connectivity index (χ4v) is 6.10. The third-order valence-corrected chi connectivity index (χ3v) is 7.63. The molecule has 1 aliphatic heterocycles. The third kappa shape index (κ3) is 3.71. The molecule has 148 valence electrons. The standard InChI is InChI=1S/C22H27N3O2S/c1-16-22(17(2)25(23-16)20-11-12-28(26,27)15-20)14-24(3)13-19-9-6-8-18-7-4-5-10-21(18)19/h4-10,20H,11-15H2,1-3H3/p+1/t20-/m0/s1. The first kappa shape index (κ1) is 19.2. The maximum absolute atomic E-state index is 11.9. The van der Waals surface area contributed by atoms with Crippen LogP contribution in [0.4, 0.5) is 0 Å². The second-order valence-electron chi connectivity index (χ2n) is 8.10. The first-order chi connectivity index (χ1) is 13.3. The van der Waals surface area contributed by atoms with E-state index in [9.17, 15) is 8.42 Å². The van der Waals surface area contributed by atoms with Gasteiger partial charge in [0, 0.05) is 11.3 Å². The number of nitrogens with zero attached hydrogens (tertiary/aromatic N) is 2. The molecule has 3 aromatic rings. The molecule has 1 unspecified atom stereocenters. The molecule has 5 nitrogen and oxygen atoms in total. The Morgan fingerprint density at radius 2 is 1.86 bits per heavy atom. The zero-order valence-electron chi connectivity index (χ0n) is 16.8. The Labute approximate surface area is 166 Å². The van der Waals surface area contributed by atoms with Crippen LogP contribution in [0.3, 0.4) is 0 Å². The smallest absolute Gasteiger partial charge is 0.152 e. The molecular weight excluding hydrogens is 370 g/mol. The molecule has 1 aromatic heterocycles. The van der Waals surface area contributed by atoms with Crippen LogP contribution in [-0.2, 0) is 22.9 Å². The van der Waals surface area contributed by atoms with Gasteiger partial charge in [-0.3, -0.25) is 4.68 Å². The van der Waals surface area contributed by atoms with Gasteiger partial charge in [-0.05, 0) is 31.0 Å². The number of aromatic nitrogens is 2. The normalized spacial score (nSPS) is 19.9. The maximum Gasteiger partial charge on any atom is 0.152 e. The molecule has 0 amide bonds. The van der Waals surface area contributed by atoms with Crippen LogP contribution in [0.5, 0.6) is 0 Å². The predicted molar refractivity (Wildman–Crippen MR) is 112 cm³/mol. The quantitative estimate of drug-likeness (QED) is 0.717. The molecule has 2 aromatic carbocycles. The van der Waals surface area contributed by atoms with E-state index in [1.807, 2.05) is 11.6 Å². The summed E-state index contributed by atoms with van der Waals surface area (Å²) in [7, 11) is -0.708. The van der Waals surface area contributed by atoms with Gasteiger partial charge in [-0.25, -0.2) is 8.42 Å². The summed E-state index contributed by atoms with van der Waals surface area (Å²) in [6.07, 6.45) is 0.669. The van der Waals surface area contributed by atoms with E-state index in [4.69, 9.17) is 5.10 Å². The second-order valence-corrected chi connectivity index (χ2v) is 10.3. The van der Waals surface area contributed by atoms with E-state index in [2.05, 4.69) is 56.4 Å². The predicted octanol–water partition coefficient (Wildman–Crippen LogP) is 2.23. The van der Waals surface area contributed by atoms with Crippen molar-refractivity contribution < 1.29 is 13.3 Å². The minimum absolute atomic E-state index is 0.0178. The van der Waals surface area contributed by atoms with Gasteiger partial charge in [0.15, 0.2) is 9.84 Å². The van der Waals surface area contributed by atoms with E-state index in [0.29, 0.717) is 6.42 Å². The van der Waals surface area contributed by atoms with Gasteiger partial charge in [-0.15, -0.1) is 0 Å². The number of hydrogen-bond donors (Lipinski definition) is 1. The van der Waals surface area contributed by atoms with Crippen LogP contribution in [0.1, 0.15) is 35.0 Å². The fourth-order valence-electron chi connectivity index (χ4n) is 4.41. The Bertz CT molecular complexity index is 1110. The SMILES string of the molecule is Cc1nn([C@H]2CCS(=O)(=O)C2)c(C)c1C[NH+](C)Cc1cccc2ccccc12. The number of sulfone groups is 1. The van der Waals surface area contributed by atoms with E-state index < -0.39 is 9.84 Å². The van der Waals surface area contributed by atoms with Crippen LogP contribution in [0, 0.1) is 13.8 Å². The highest BCUT2D eigenvalue weighted by Gasteiger charge is 2.31. The van der Waals surface area contributed by atoms with Crippen molar-refractivity contribution in [2.45, 2.75) is 39.4 Å². The highest BCUT2D eigenvalue weighted by Crippen LogP contribution is 2.26. The molecule has 0 spiro atoms. The van der Waals surface area contributed by atoms with Crippen LogP contribution < -0.4 is 4.90 Å². The van der Waals surface area contributed by atoms with Gasteiger partial charge >= 0.3 is 0 Å². The Kier molecular flexibility index (Phi) is 5.02. The van der Waals surface area contributed by atoms with Crippen molar-refractivity contribution in [3.8, 4) is 0 Å². The van der Waals surface area contributed by atoms with Gasteiger partial charge in [0.2, 0.25) is 0 Å². The van der Waals surface area contributed by atoms with E-state index in [1.165, 1.54) is 26.8 Å². The molecule has 2 atom stereocenters. The van der Waals surface area contributed by atoms with Gasteiger partial charge in [-0.1, -0.05) is 42.5 Å². The van der Waals surface area contributed by atoms with E-state index in [0.717, 1.165) is 24.5 Å². The van der Waals surface area contributed by atoms with Gasteiger partial charge in [0.25, 0.3) is 0 Å². The molecule has 0 saturated carbocycles. The van der Waals surface area contributed by atoms with Crippen molar-refractivity contribution in [1.29, 1.82) is 0 Å². The summed E-state index contributed by atoms with van der Waals surface area (Å²) in [5.41, 5.74) is 4.71. The number of quaternary nitrogens is 1. The fraction of sp³-hybridized carbons (Fsp3) is 0.409. The number of nitrogens with one attached hydrogen (secondary N) is 1. The summed E-state index contributed by atoms with van der Waals surface area (Å²) < 4.78 is 25.7. The highest BCUT2D eigenvalue weighted by atomic mass is 32.2. The van der Waals surface area contributed by atoms with E-state index in [-0.39, 0.29) is 17.5 Å². The molecule has 6 heteroatoms. The van der Waals surface area contributed by atoms with Crippen molar-refractivity contribution in [2.24, 2.45) is 0 Å². The molecule has 0 bridgehead atoms. The number of benzene rings is 2. The minimum atomic E-state index is -2.91. The Hall–Kier alpha value is -2.18. The Balaban J connectivity index is 1.54. The molecule has 1 N–H and O–H groups in total. The molecule has 28 heavy (non-hydrogen) atoms. The van der Waals surface area contributed by atoms with Gasteiger partial charge in [0.1, 0.15) is 13.1 Å². The van der Waals surface area contributed by atoms with Gasteiger partial charge in [0.05, 0.1) is 35.9 Å². The average Bonchev–Trinajstić information content (AvgIpc) is 3.15. The summed E-state index contributed by atoms with van der Waals surface area (Å²) in [6, 6.07) is 15.0. The monoisotopic (exact) mass is 398 g/mol. The maximum atomic E-state index is 11.9. The number of aryl methyl sites for hydroxylation is 1. The number of rotatable bonds is 5. The zero-order valence-corrected chi connectivity index (χ0v) is 17.6. The lowest BCUT2D eigenvalue weighted by molar-refractivity contribution is -0.907. The molecule has 1 fully saturated rings. The lowest BCUT2D eigenvalue weighted by atomic mass is 10.0. The second kappa shape index (κ2) is 7.33. The van der Waals surface area contributed by atoms with Crippen LogP contribution in [0.25, 0.3) is 10.8 Å². The minimum Gasteiger partial charge on any atom is -0.330 e. The van der Waals surface area contributed by atoms with Crippen molar-refractivity contribution >= 4 is 20.6 Å². The molecule has 0 radical (unpaired) electrons. The van der Waals surface area contributed by atoms with E-state index in [1.54, 1.807) is 0 Å². The van der Waals surface area contributed by atoms with Crippen molar-refractivity contribution in [1.82, 2.24) is 9.78 Å². The summed E-state index contributed by atoms with van der Waals surface area (Å²) in [5.74, 6) is 0.491. The van der Waals surface area contributed by atoms with Crippen molar-refractivity contribution in [3.05, 3.63) is 65.0 Å². The topological polar surface area (TPSA) is 56.4 Å². The average molecular weight is 399 g/mol. The van der Waals surface area contributed by atoms with Crippen molar-refractivity contribution in [2.75, 3.05) is 18.6 Å². The molecule has 0 aliphatic carbocycles. The van der Waals surface area contributed by atoms with Crippen molar-refractivity contribution in [3.63, 3.8) is 0 Å². The van der Waals surface area contributed by atoms with Gasteiger partial charge < -0.3 is 4.90 Å².